The minimum atomic E-state index is -0.408. The SMILES string of the molecule is N#CCCN(Cc1ccc([N+](=O)[O-])cc1)c1ccccc1. The van der Waals surface area contributed by atoms with Crippen molar-refractivity contribution in [1.29, 1.82) is 5.26 Å². The zero-order chi connectivity index (χ0) is 15.1. The number of anilines is 1. The van der Waals surface area contributed by atoms with Gasteiger partial charge in [-0.15, -0.1) is 0 Å². The number of nitriles is 1. The molecule has 21 heavy (non-hydrogen) atoms. The molecular weight excluding hydrogens is 266 g/mol. The molecule has 2 aromatic carbocycles. The number of nitro benzene ring substituents is 1. The average molecular weight is 281 g/mol. The van der Waals surface area contributed by atoms with E-state index in [9.17, 15) is 10.1 Å². The molecule has 2 aromatic rings. The topological polar surface area (TPSA) is 70.2 Å². The maximum atomic E-state index is 10.7. The monoisotopic (exact) mass is 281 g/mol. The third-order valence-corrected chi connectivity index (χ3v) is 3.14. The number of nitro groups is 1. The first-order chi connectivity index (χ1) is 10.2. The molecule has 5 heteroatoms. The van der Waals surface area contributed by atoms with E-state index < -0.39 is 4.92 Å². The van der Waals surface area contributed by atoms with Gasteiger partial charge in [0.1, 0.15) is 0 Å². The summed E-state index contributed by atoms with van der Waals surface area (Å²) in [7, 11) is 0. The van der Waals surface area contributed by atoms with E-state index >= 15 is 0 Å². The van der Waals surface area contributed by atoms with Crippen molar-refractivity contribution in [2.45, 2.75) is 13.0 Å². The van der Waals surface area contributed by atoms with Crippen LogP contribution in [0.3, 0.4) is 0 Å². The van der Waals surface area contributed by atoms with Gasteiger partial charge in [0.25, 0.3) is 5.69 Å². The lowest BCUT2D eigenvalue weighted by Crippen LogP contribution is -2.23. The van der Waals surface area contributed by atoms with Crippen LogP contribution in [-0.2, 0) is 6.54 Å². The highest BCUT2D eigenvalue weighted by Crippen LogP contribution is 2.19. The molecule has 0 aliphatic heterocycles. The van der Waals surface area contributed by atoms with Crippen LogP contribution in [0.1, 0.15) is 12.0 Å². The Bertz CT molecular complexity index is 633. The van der Waals surface area contributed by atoms with Gasteiger partial charge in [0.05, 0.1) is 17.4 Å². The lowest BCUT2D eigenvalue weighted by Gasteiger charge is -2.23. The lowest BCUT2D eigenvalue weighted by molar-refractivity contribution is -0.384. The van der Waals surface area contributed by atoms with Crippen molar-refractivity contribution >= 4 is 11.4 Å². The van der Waals surface area contributed by atoms with Gasteiger partial charge in [0.2, 0.25) is 0 Å². The summed E-state index contributed by atoms with van der Waals surface area (Å²) in [6.07, 6.45) is 0.432. The van der Waals surface area contributed by atoms with Crippen molar-refractivity contribution in [2.75, 3.05) is 11.4 Å². The van der Waals surface area contributed by atoms with Crippen LogP contribution in [0.5, 0.6) is 0 Å². The minimum absolute atomic E-state index is 0.0852. The van der Waals surface area contributed by atoms with Gasteiger partial charge in [-0.2, -0.15) is 5.26 Å². The third-order valence-electron chi connectivity index (χ3n) is 3.14. The Kier molecular flexibility index (Phi) is 4.89. The van der Waals surface area contributed by atoms with E-state index in [1.807, 2.05) is 30.3 Å². The van der Waals surface area contributed by atoms with Crippen LogP contribution in [0.15, 0.2) is 54.6 Å². The maximum Gasteiger partial charge on any atom is 0.269 e. The van der Waals surface area contributed by atoms with Crippen molar-refractivity contribution in [3.05, 3.63) is 70.3 Å². The number of hydrogen-bond acceptors (Lipinski definition) is 4. The van der Waals surface area contributed by atoms with E-state index in [0.29, 0.717) is 19.5 Å². The van der Waals surface area contributed by atoms with E-state index in [1.165, 1.54) is 12.1 Å². The molecular formula is C16H15N3O2. The third kappa shape index (κ3) is 4.05. The zero-order valence-electron chi connectivity index (χ0n) is 11.5. The molecule has 2 rings (SSSR count). The summed E-state index contributed by atoms with van der Waals surface area (Å²) in [6, 6.07) is 18.5. The molecule has 0 aliphatic carbocycles. The summed E-state index contributed by atoms with van der Waals surface area (Å²) < 4.78 is 0. The highest BCUT2D eigenvalue weighted by Gasteiger charge is 2.09. The van der Waals surface area contributed by atoms with Gasteiger partial charge >= 0.3 is 0 Å². The molecule has 0 unspecified atom stereocenters. The summed E-state index contributed by atoms with van der Waals surface area (Å²) in [5.41, 5.74) is 2.09. The lowest BCUT2D eigenvalue weighted by atomic mass is 10.1. The smallest absolute Gasteiger partial charge is 0.269 e. The van der Waals surface area contributed by atoms with Crippen LogP contribution in [0, 0.1) is 21.4 Å². The van der Waals surface area contributed by atoms with Gasteiger partial charge in [-0.05, 0) is 17.7 Å². The van der Waals surface area contributed by atoms with Crippen molar-refractivity contribution in [1.82, 2.24) is 0 Å². The second-order valence-corrected chi connectivity index (χ2v) is 4.59. The fraction of sp³-hybridized carbons (Fsp3) is 0.188. The van der Waals surface area contributed by atoms with Crippen LogP contribution < -0.4 is 4.90 Å². The van der Waals surface area contributed by atoms with Crippen molar-refractivity contribution in [2.24, 2.45) is 0 Å². The van der Waals surface area contributed by atoms with Crippen LogP contribution in [0.4, 0.5) is 11.4 Å². The molecule has 0 saturated carbocycles. The summed E-state index contributed by atoms with van der Waals surface area (Å²) in [4.78, 5) is 12.3. The molecule has 106 valence electrons. The first kappa shape index (κ1) is 14.5. The van der Waals surface area contributed by atoms with E-state index in [0.717, 1.165) is 11.3 Å². The van der Waals surface area contributed by atoms with Gasteiger partial charge < -0.3 is 4.90 Å². The number of para-hydroxylation sites is 1. The first-order valence-corrected chi connectivity index (χ1v) is 6.61. The Morgan fingerprint density at radius 3 is 2.33 bits per heavy atom. The van der Waals surface area contributed by atoms with Gasteiger partial charge in [-0.25, -0.2) is 0 Å². The highest BCUT2D eigenvalue weighted by molar-refractivity contribution is 5.47. The molecule has 0 N–H and O–H groups in total. The van der Waals surface area contributed by atoms with Gasteiger partial charge in [0.15, 0.2) is 0 Å². The number of nitrogens with zero attached hydrogens (tertiary/aromatic N) is 3. The molecule has 0 fully saturated rings. The average Bonchev–Trinajstić information content (AvgIpc) is 2.52. The number of non-ortho nitro benzene ring substituents is 1. The highest BCUT2D eigenvalue weighted by atomic mass is 16.6. The van der Waals surface area contributed by atoms with Crippen molar-refractivity contribution in [3.8, 4) is 6.07 Å². The normalized spacial score (nSPS) is 9.86. The molecule has 0 radical (unpaired) electrons. The van der Waals surface area contributed by atoms with Gasteiger partial charge in [-0.1, -0.05) is 30.3 Å². The summed E-state index contributed by atoms with van der Waals surface area (Å²) in [6.45, 7) is 1.24. The van der Waals surface area contributed by atoms with E-state index in [4.69, 9.17) is 5.26 Å². The molecule has 0 bridgehead atoms. The second kappa shape index (κ2) is 7.06. The Morgan fingerprint density at radius 2 is 1.76 bits per heavy atom. The van der Waals surface area contributed by atoms with Crippen LogP contribution in [0.25, 0.3) is 0 Å². The van der Waals surface area contributed by atoms with Crippen LogP contribution in [-0.4, -0.2) is 11.5 Å². The number of benzene rings is 2. The Labute approximate surface area is 123 Å². The summed E-state index contributed by atoms with van der Waals surface area (Å²) in [5.74, 6) is 0. The molecule has 5 nitrogen and oxygen atoms in total. The predicted molar refractivity (Wildman–Crippen MR) is 80.8 cm³/mol. The van der Waals surface area contributed by atoms with Gasteiger partial charge in [-0.3, -0.25) is 10.1 Å². The van der Waals surface area contributed by atoms with E-state index in [2.05, 4.69) is 11.0 Å². The molecule has 0 saturated heterocycles. The summed E-state index contributed by atoms with van der Waals surface area (Å²) >= 11 is 0. The Hall–Kier alpha value is -2.87. The molecule has 0 amide bonds. The van der Waals surface area contributed by atoms with E-state index in [-0.39, 0.29) is 5.69 Å². The van der Waals surface area contributed by atoms with Gasteiger partial charge in [0, 0.05) is 30.9 Å². The molecule has 0 heterocycles. The van der Waals surface area contributed by atoms with E-state index in [1.54, 1.807) is 12.1 Å². The Balaban J connectivity index is 2.15. The van der Waals surface area contributed by atoms with Crippen molar-refractivity contribution < 1.29 is 4.92 Å². The number of rotatable bonds is 6. The molecule has 0 aromatic heterocycles. The molecule has 0 atom stereocenters. The number of hydrogen-bond donors (Lipinski definition) is 0. The fourth-order valence-corrected chi connectivity index (χ4v) is 2.07. The maximum absolute atomic E-state index is 10.7. The fourth-order valence-electron chi connectivity index (χ4n) is 2.07. The molecule has 0 aliphatic rings. The minimum Gasteiger partial charge on any atom is -0.366 e. The summed E-state index contributed by atoms with van der Waals surface area (Å²) in [5, 5.41) is 19.4. The standard InChI is InChI=1S/C16H15N3O2/c17-11-4-12-18(15-5-2-1-3-6-15)13-14-7-9-16(10-8-14)19(20)21/h1-3,5-10H,4,12-13H2. The van der Waals surface area contributed by atoms with Crippen LogP contribution in [0.2, 0.25) is 0 Å². The Morgan fingerprint density at radius 1 is 1.10 bits per heavy atom. The zero-order valence-corrected chi connectivity index (χ0v) is 11.5. The largest absolute Gasteiger partial charge is 0.366 e. The second-order valence-electron chi connectivity index (χ2n) is 4.59. The van der Waals surface area contributed by atoms with Crippen LogP contribution >= 0.6 is 0 Å². The quantitative estimate of drug-likeness (QED) is 0.600. The first-order valence-electron chi connectivity index (χ1n) is 6.61. The molecule has 0 spiro atoms. The predicted octanol–water partition coefficient (Wildman–Crippen LogP) is 3.52. The van der Waals surface area contributed by atoms with Crippen molar-refractivity contribution in [3.63, 3.8) is 0 Å².